The first kappa shape index (κ1) is 16.2. The molecule has 6 heteroatoms. The number of ether oxygens (including phenoxy) is 1. The van der Waals surface area contributed by atoms with E-state index in [-0.39, 0.29) is 12.2 Å². The molecule has 0 N–H and O–H groups in total. The zero-order valence-corrected chi connectivity index (χ0v) is 11.5. The van der Waals surface area contributed by atoms with Crippen LogP contribution in [-0.2, 0) is 19.1 Å². The zero-order valence-electron chi connectivity index (χ0n) is 11.5. The van der Waals surface area contributed by atoms with Crippen LogP contribution in [0, 0.1) is 5.92 Å². The number of esters is 1. The Hall–Kier alpha value is -1.85. The maximum Gasteiger partial charge on any atom is 0.310 e. The number of hydrogen-bond donors (Lipinski definition) is 0. The van der Waals surface area contributed by atoms with Crippen LogP contribution in [-0.4, -0.2) is 24.5 Å². The van der Waals surface area contributed by atoms with Gasteiger partial charge in [-0.15, -0.1) is 0 Å². The molecule has 0 unspecified atom stereocenters. The molecule has 0 bridgehead atoms. The minimum absolute atomic E-state index is 0.100. The van der Waals surface area contributed by atoms with Crippen LogP contribution >= 0.6 is 0 Å². The number of rotatable bonds is 6. The minimum atomic E-state index is -1.65. The van der Waals surface area contributed by atoms with E-state index >= 15 is 0 Å². The van der Waals surface area contributed by atoms with Gasteiger partial charge in [0.2, 0.25) is 0 Å². The zero-order chi connectivity index (χ0) is 15.1. The van der Waals surface area contributed by atoms with Crippen molar-refractivity contribution in [3.05, 3.63) is 11.1 Å². The van der Waals surface area contributed by atoms with Gasteiger partial charge in [0.1, 0.15) is 0 Å². The van der Waals surface area contributed by atoms with Crippen molar-refractivity contribution in [1.29, 1.82) is 0 Å². The van der Waals surface area contributed by atoms with Crippen LogP contribution in [0.4, 0.5) is 0 Å². The Morgan fingerprint density at radius 2 is 1.65 bits per heavy atom. The molecule has 0 aliphatic heterocycles. The Bertz CT molecular complexity index is 417. The fourth-order valence-corrected chi connectivity index (χ4v) is 2.56. The second-order valence-corrected chi connectivity index (χ2v) is 4.78. The Balaban J connectivity index is 3.07. The highest BCUT2D eigenvalue weighted by molar-refractivity contribution is 6.00. The van der Waals surface area contributed by atoms with Crippen LogP contribution in [0.15, 0.2) is 11.1 Å². The predicted molar refractivity (Wildman–Crippen MR) is 64.9 cm³/mol. The van der Waals surface area contributed by atoms with Gasteiger partial charge in [0.15, 0.2) is 0 Å². The molecule has 0 aromatic heterocycles. The number of aliphatic carboxylic acids is 2. The van der Waals surface area contributed by atoms with Gasteiger partial charge >= 0.3 is 5.97 Å². The molecule has 1 aliphatic rings. The van der Waals surface area contributed by atoms with Crippen molar-refractivity contribution in [3.8, 4) is 0 Å². The van der Waals surface area contributed by atoms with E-state index in [2.05, 4.69) is 4.74 Å². The summed E-state index contributed by atoms with van der Waals surface area (Å²) >= 11 is 0. The third kappa shape index (κ3) is 4.36. The Morgan fingerprint density at radius 1 is 1.05 bits per heavy atom. The number of carboxylic acid groups (broad SMARTS) is 2. The van der Waals surface area contributed by atoms with Crippen molar-refractivity contribution in [1.82, 2.24) is 0 Å². The molecule has 0 aromatic carbocycles. The maximum atomic E-state index is 11.4. The van der Waals surface area contributed by atoms with Crippen LogP contribution in [0.3, 0.4) is 0 Å². The first-order valence-corrected chi connectivity index (χ1v) is 6.78. The lowest BCUT2D eigenvalue weighted by molar-refractivity contribution is -0.304. The second kappa shape index (κ2) is 7.67. The van der Waals surface area contributed by atoms with E-state index in [1.54, 1.807) is 6.92 Å². The lowest BCUT2D eigenvalue weighted by Gasteiger charge is -2.28. The van der Waals surface area contributed by atoms with Gasteiger partial charge in [-0.05, 0) is 36.8 Å². The summed E-state index contributed by atoms with van der Waals surface area (Å²) < 4.78 is 4.66. The van der Waals surface area contributed by atoms with E-state index in [9.17, 15) is 24.6 Å². The number of carbonyl (C=O) groups is 3. The summed E-state index contributed by atoms with van der Waals surface area (Å²) in [5.74, 6) is -4.36. The van der Waals surface area contributed by atoms with E-state index < -0.39 is 35.8 Å². The summed E-state index contributed by atoms with van der Waals surface area (Å²) in [7, 11) is 0. The minimum Gasteiger partial charge on any atom is -0.545 e. The summed E-state index contributed by atoms with van der Waals surface area (Å²) in [5.41, 5.74) is -0.826. The SMILES string of the molecule is CCOC(=O)C/C(C(=O)[O-])=C(\C(=O)[O-])C1CCCCC1. The largest absolute Gasteiger partial charge is 0.545 e. The first-order chi connectivity index (χ1) is 9.47. The smallest absolute Gasteiger partial charge is 0.310 e. The predicted octanol–water partition coefficient (Wildman–Crippen LogP) is -0.684. The van der Waals surface area contributed by atoms with Crippen molar-refractivity contribution < 1.29 is 29.3 Å². The second-order valence-electron chi connectivity index (χ2n) is 4.78. The fraction of sp³-hybridized carbons (Fsp3) is 0.643. The van der Waals surface area contributed by atoms with Crippen LogP contribution in [0.2, 0.25) is 0 Å². The lowest BCUT2D eigenvalue weighted by atomic mass is 9.81. The molecule has 0 atom stereocenters. The Labute approximate surface area is 117 Å². The van der Waals surface area contributed by atoms with Gasteiger partial charge in [-0.25, -0.2) is 0 Å². The number of carbonyl (C=O) groups excluding carboxylic acids is 3. The van der Waals surface area contributed by atoms with Crippen LogP contribution in [0.1, 0.15) is 45.4 Å². The molecule has 0 spiro atoms. The molecule has 0 saturated heterocycles. The highest BCUT2D eigenvalue weighted by Gasteiger charge is 2.24. The normalized spacial score (nSPS) is 17.2. The molecule has 1 fully saturated rings. The average molecular weight is 282 g/mol. The van der Waals surface area contributed by atoms with E-state index in [0.717, 1.165) is 19.3 Å². The first-order valence-electron chi connectivity index (χ1n) is 6.78. The van der Waals surface area contributed by atoms with Crippen molar-refractivity contribution in [2.45, 2.75) is 45.4 Å². The molecule has 0 heterocycles. The summed E-state index contributed by atoms with van der Waals surface area (Å²) in [6.45, 7) is 1.68. The molecule has 1 aliphatic carbocycles. The summed E-state index contributed by atoms with van der Waals surface area (Å²) in [6.07, 6.45) is 3.24. The highest BCUT2D eigenvalue weighted by atomic mass is 16.5. The lowest BCUT2D eigenvalue weighted by Crippen LogP contribution is -2.36. The molecule has 112 valence electrons. The summed E-state index contributed by atoms with van der Waals surface area (Å²) in [6, 6.07) is 0. The van der Waals surface area contributed by atoms with Gasteiger partial charge in [-0.1, -0.05) is 19.3 Å². The van der Waals surface area contributed by atoms with Gasteiger partial charge < -0.3 is 24.5 Å². The average Bonchev–Trinajstić information content (AvgIpc) is 2.39. The van der Waals surface area contributed by atoms with Crippen LogP contribution in [0.5, 0.6) is 0 Å². The van der Waals surface area contributed by atoms with Gasteiger partial charge in [-0.2, -0.15) is 0 Å². The van der Waals surface area contributed by atoms with Crippen molar-refractivity contribution >= 4 is 17.9 Å². The van der Waals surface area contributed by atoms with E-state index in [0.29, 0.717) is 12.8 Å². The molecule has 1 rings (SSSR count). The van der Waals surface area contributed by atoms with Gasteiger partial charge in [-0.3, -0.25) is 4.79 Å². The third-order valence-electron chi connectivity index (χ3n) is 3.43. The Morgan fingerprint density at radius 3 is 2.10 bits per heavy atom. The van der Waals surface area contributed by atoms with Gasteiger partial charge in [0, 0.05) is 0 Å². The van der Waals surface area contributed by atoms with E-state index in [1.165, 1.54) is 0 Å². The standard InChI is InChI=1S/C14H20O6/c1-2-20-11(15)8-10(13(16)17)12(14(18)19)9-6-4-3-5-7-9/h9H,2-8H2,1H3,(H,16,17)(H,18,19)/p-2/b12-10+. The summed E-state index contributed by atoms with van der Waals surface area (Å²) in [4.78, 5) is 33.8. The molecule has 0 amide bonds. The quantitative estimate of drug-likeness (QED) is 0.472. The van der Waals surface area contributed by atoms with E-state index in [1.807, 2.05) is 0 Å². The van der Waals surface area contributed by atoms with Crippen LogP contribution < -0.4 is 10.2 Å². The number of carboxylic acids is 2. The topological polar surface area (TPSA) is 107 Å². The molecule has 6 nitrogen and oxygen atoms in total. The van der Waals surface area contributed by atoms with E-state index in [4.69, 9.17) is 0 Å². The van der Waals surface area contributed by atoms with Crippen molar-refractivity contribution in [3.63, 3.8) is 0 Å². The summed E-state index contributed by atoms with van der Waals surface area (Å²) in [5, 5.41) is 22.4. The molecule has 0 aromatic rings. The van der Waals surface area contributed by atoms with Gasteiger partial charge in [0.25, 0.3) is 0 Å². The third-order valence-corrected chi connectivity index (χ3v) is 3.43. The van der Waals surface area contributed by atoms with Crippen molar-refractivity contribution in [2.75, 3.05) is 6.61 Å². The molecular formula is C14H18O6-2. The number of hydrogen-bond acceptors (Lipinski definition) is 6. The van der Waals surface area contributed by atoms with Gasteiger partial charge in [0.05, 0.1) is 25.0 Å². The monoisotopic (exact) mass is 282 g/mol. The molecule has 0 radical (unpaired) electrons. The molecular weight excluding hydrogens is 264 g/mol. The molecule has 1 saturated carbocycles. The molecule has 20 heavy (non-hydrogen) atoms. The highest BCUT2D eigenvalue weighted by Crippen LogP contribution is 2.32. The maximum absolute atomic E-state index is 11.4. The van der Waals surface area contributed by atoms with Crippen molar-refractivity contribution in [2.24, 2.45) is 5.92 Å². The Kier molecular flexibility index (Phi) is 6.21. The van der Waals surface area contributed by atoms with Crippen LogP contribution in [0.25, 0.3) is 0 Å². The fourth-order valence-electron chi connectivity index (χ4n) is 2.56.